The summed E-state index contributed by atoms with van der Waals surface area (Å²) in [6.45, 7) is 0. The van der Waals surface area contributed by atoms with Crippen molar-refractivity contribution in [2.24, 2.45) is 7.05 Å². The van der Waals surface area contributed by atoms with Crippen molar-refractivity contribution in [1.82, 2.24) is 14.5 Å². The van der Waals surface area contributed by atoms with Gasteiger partial charge in [0.2, 0.25) is 0 Å². The maximum atomic E-state index is 12.0. The quantitative estimate of drug-likeness (QED) is 0.804. The van der Waals surface area contributed by atoms with Crippen LogP contribution in [0, 0.1) is 0 Å². The third-order valence-corrected chi connectivity index (χ3v) is 3.31. The molecule has 0 spiro atoms. The molecule has 0 saturated heterocycles. The molecule has 0 aliphatic heterocycles. The van der Waals surface area contributed by atoms with Crippen LogP contribution in [0.4, 0.5) is 5.69 Å². The van der Waals surface area contributed by atoms with Crippen molar-refractivity contribution >= 4 is 11.6 Å². The lowest BCUT2D eigenvalue weighted by atomic mass is 10.1. The number of amides is 1. The van der Waals surface area contributed by atoms with Gasteiger partial charge in [0.1, 0.15) is 5.69 Å². The van der Waals surface area contributed by atoms with Gasteiger partial charge in [0.25, 0.3) is 5.91 Å². The number of benzene rings is 1. The van der Waals surface area contributed by atoms with E-state index in [1.165, 1.54) is 11.1 Å². The molecule has 22 heavy (non-hydrogen) atoms. The minimum Gasteiger partial charge on any atom is -0.340 e. The molecule has 110 valence electrons. The van der Waals surface area contributed by atoms with Gasteiger partial charge in [0, 0.05) is 31.3 Å². The highest BCUT2D eigenvalue weighted by atomic mass is 16.1. The van der Waals surface area contributed by atoms with E-state index in [1.807, 2.05) is 43.4 Å². The van der Waals surface area contributed by atoms with E-state index < -0.39 is 0 Å². The molecule has 0 aliphatic rings. The molecule has 1 N–H and O–H groups in total. The van der Waals surface area contributed by atoms with Gasteiger partial charge in [0.15, 0.2) is 0 Å². The molecule has 0 radical (unpaired) electrons. The monoisotopic (exact) mass is 292 g/mol. The molecule has 3 aromatic rings. The van der Waals surface area contributed by atoms with E-state index in [9.17, 15) is 4.79 Å². The van der Waals surface area contributed by atoms with E-state index in [0.29, 0.717) is 5.69 Å². The lowest BCUT2D eigenvalue weighted by molar-refractivity contribution is 0.102. The number of imidazole rings is 1. The second-order valence-electron chi connectivity index (χ2n) is 5.11. The molecule has 0 aliphatic carbocycles. The van der Waals surface area contributed by atoms with Crippen LogP contribution in [-0.4, -0.2) is 20.4 Å². The Kier molecular flexibility index (Phi) is 3.96. The first kappa shape index (κ1) is 14.0. The molecule has 0 fully saturated rings. The van der Waals surface area contributed by atoms with Crippen LogP contribution in [-0.2, 0) is 13.5 Å². The largest absolute Gasteiger partial charge is 0.340 e. The van der Waals surface area contributed by atoms with E-state index >= 15 is 0 Å². The molecular weight excluding hydrogens is 276 g/mol. The number of carbonyl (C=O) groups excluding carboxylic acids is 1. The highest BCUT2D eigenvalue weighted by Gasteiger charge is 2.08. The van der Waals surface area contributed by atoms with Crippen LogP contribution in [0.15, 0.2) is 61.3 Å². The Morgan fingerprint density at radius 3 is 2.41 bits per heavy atom. The number of aromatic nitrogens is 3. The van der Waals surface area contributed by atoms with Crippen molar-refractivity contribution in [3.05, 3.63) is 78.1 Å². The fraction of sp³-hybridized carbons (Fsp3) is 0.118. The molecule has 0 bridgehead atoms. The number of carbonyl (C=O) groups is 1. The van der Waals surface area contributed by atoms with Gasteiger partial charge in [-0.05, 0) is 41.8 Å². The second-order valence-corrected chi connectivity index (χ2v) is 5.11. The number of rotatable bonds is 4. The fourth-order valence-corrected chi connectivity index (χ4v) is 2.17. The fourth-order valence-electron chi connectivity index (χ4n) is 2.17. The van der Waals surface area contributed by atoms with Crippen molar-refractivity contribution in [3.8, 4) is 0 Å². The van der Waals surface area contributed by atoms with Crippen LogP contribution in [0.2, 0.25) is 0 Å². The number of pyridine rings is 1. The predicted molar refractivity (Wildman–Crippen MR) is 84.6 cm³/mol. The maximum Gasteiger partial charge on any atom is 0.275 e. The topological polar surface area (TPSA) is 59.8 Å². The number of hydrogen-bond donors (Lipinski definition) is 1. The van der Waals surface area contributed by atoms with Crippen molar-refractivity contribution in [1.29, 1.82) is 0 Å². The standard InChI is InChI=1S/C17H16N4O/c1-21-11-16(19-12-21)17(22)20-15-4-2-13(3-5-15)10-14-6-8-18-9-7-14/h2-9,11-12H,10H2,1H3,(H,20,22). The average Bonchev–Trinajstić information content (AvgIpc) is 2.97. The van der Waals surface area contributed by atoms with Gasteiger partial charge in [-0.3, -0.25) is 9.78 Å². The van der Waals surface area contributed by atoms with E-state index in [1.54, 1.807) is 29.5 Å². The van der Waals surface area contributed by atoms with Crippen molar-refractivity contribution in [2.45, 2.75) is 6.42 Å². The molecule has 5 heteroatoms. The number of hydrogen-bond acceptors (Lipinski definition) is 3. The summed E-state index contributed by atoms with van der Waals surface area (Å²) in [6.07, 6.45) is 7.71. The molecule has 0 atom stereocenters. The summed E-state index contributed by atoms with van der Waals surface area (Å²) < 4.78 is 1.74. The van der Waals surface area contributed by atoms with Crippen LogP contribution < -0.4 is 5.32 Å². The zero-order valence-electron chi connectivity index (χ0n) is 12.2. The first-order valence-electron chi connectivity index (χ1n) is 6.98. The van der Waals surface area contributed by atoms with Gasteiger partial charge in [-0.1, -0.05) is 12.1 Å². The van der Waals surface area contributed by atoms with Gasteiger partial charge in [-0.2, -0.15) is 0 Å². The zero-order valence-corrected chi connectivity index (χ0v) is 12.2. The van der Waals surface area contributed by atoms with Crippen molar-refractivity contribution < 1.29 is 4.79 Å². The predicted octanol–water partition coefficient (Wildman–Crippen LogP) is 2.66. The van der Waals surface area contributed by atoms with Crippen LogP contribution in [0.5, 0.6) is 0 Å². The Hall–Kier alpha value is -2.95. The normalized spacial score (nSPS) is 10.4. The highest BCUT2D eigenvalue weighted by Crippen LogP contribution is 2.14. The third kappa shape index (κ3) is 3.38. The summed E-state index contributed by atoms with van der Waals surface area (Å²) >= 11 is 0. The molecule has 0 unspecified atom stereocenters. The Balaban J connectivity index is 1.65. The Labute approximate surface area is 128 Å². The molecule has 5 nitrogen and oxygen atoms in total. The Morgan fingerprint density at radius 1 is 1.09 bits per heavy atom. The Morgan fingerprint density at radius 2 is 1.77 bits per heavy atom. The van der Waals surface area contributed by atoms with Crippen LogP contribution >= 0.6 is 0 Å². The van der Waals surface area contributed by atoms with E-state index in [2.05, 4.69) is 15.3 Å². The summed E-state index contributed by atoms with van der Waals surface area (Å²) in [5.41, 5.74) is 3.56. The number of nitrogens with zero attached hydrogens (tertiary/aromatic N) is 3. The first-order chi connectivity index (χ1) is 10.7. The molecule has 1 amide bonds. The smallest absolute Gasteiger partial charge is 0.275 e. The lowest BCUT2D eigenvalue weighted by Gasteiger charge is -2.05. The number of aryl methyl sites for hydroxylation is 1. The summed E-state index contributed by atoms with van der Waals surface area (Å²) in [5, 5.41) is 2.84. The summed E-state index contributed by atoms with van der Waals surface area (Å²) in [5.74, 6) is -0.206. The summed E-state index contributed by atoms with van der Waals surface area (Å²) in [7, 11) is 1.83. The van der Waals surface area contributed by atoms with Crippen molar-refractivity contribution in [2.75, 3.05) is 5.32 Å². The van der Waals surface area contributed by atoms with E-state index in [4.69, 9.17) is 0 Å². The zero-order chi connectivity index (χ0) is 15.4. The minimum atomic E-state index is -0.206. The van der Waals surface area contributed by atoms with Gasteiger partial charge in [-0.25, -0.2) is 4.98 Å². The molecular formula is C17H16N4O. The average molecular weight is 292 g/mol. The van der Waals surface area contributed by atoms with Gasteiger partial charge >= 0.3 is 0 Å². The van der Waals surface area contributed by atoms with Gasteiger partial charge < -0.3 is 9.88 Å². The summed E-state index contributed by atoms with van der Waals surface area (Å²) in [4.78, 5) is 20.0. The highest BCUT2D eigenvalue weighted by molar-refractivity contribution is 6.02. The molecule has 2 heterocycles. The molecule has 0 saturated carbocycles. The minimum absolute atomic E-state index is 0.206. The third-order valence-electron chi connectivity index (χ3n) is 3.31. The second kappa shape index (κ2) is 6.22. The maximum absolute atomic E-state index is 12.0. The SMILES string of the molecule is Cn1cnc(C(=O)Nc2ccc(Cc3ccncc3)cc2)c1. The molecule has 3 rings (SSSR count). The molecule has 2 aromatic heterocycles. The number of anilines is 1. The van der Waals surface area contributed by atoms with Crippen molar-refractivity contribution in [3.63, 3.8) is 0 Å². The van der Waals surface area contributed by atoms with Crippen LogP contribution in [0.3, 0.4) is 0 Å². The Bertz CT molecular complexity index is 763. The first-order valence-corrected chi connectivity index (χ1v) is 6.98. The van der Waals surface area contributed by atoms with Crippen LogP contribution in [0.1, 0.15) is 21.6 Å². The molecule has 1 aromatic carbocycles. The summed E-state index contributed by atoms with van der Waals surface area (Å²) in [6, 6.07) is 11.8. The van der Waals surface area contributed by atoms with Gasteiger partial charge in [0.05, 0.1) is 6.33 Å². The van der Waals surface area contributed by atoms with Gasteiger partial charge in [-0.15, -0.1) is 0 Å². The van der Waals surface area contributed by atoms with E-state index in [0.717, 1.165) is 12.1 Å². The van der Waals surface area contributed by atoms with Crippen LogP contribution in [0.25, 0.3) is 0 Å². The lowest BCUT2D eigenvalue weighted by Crippen LogP contribution is -2.12. The van der Waals surface area contributed by atoms with E-state index in [-0.39, 0.29) is 5.91 Å². The number of nitrogens with one attached hydrogen (secondary N) is 1.